The van der Waals surface area contributed by atoms with E-state index in [-0.39, 0.29) is 0 Å². The van der Waals surface area contributed by atoms with E-state index in [2.05, 4.69) is 410 Å². The fraction of sp³-hybridized carbons (Fsp3) is 0. The van der Waals surface area contributed by atoms with E-state index in [0.717, 1.165) is 11.4 Å². The number of para-hydroxylation sites is 4. The van der Waals surface area contributed by atoms with E-state index in [1.54, 1.807) is 0 Å². The van der Waals surface area contributed by atoms with Crippen molar-refractivity contribution in [3.8, 4) is 55.9 Å². The third-order valence-corrected chi connectivity index (χ3v) is 28.3. The Morgan fingerprint density at radius 1 is 0.150 bits per heavy atom. The zero-order chi connectivity index (χ0) is 70.3. The molecule has 0 atom stereocenters. The van der Waals surface area contributed by atoms with E-state index < -0.39 is 8.07 Å². The summed E-state index contributed by atoms with van der Waals surface area (Å²) in [5, 5.41) is 30.1. The lowest BCUT2D eigenvalue weighted by Crippen LogP contribution is -2.75. The quantitative estimate of drug-likeness (QED) is 0.0734. The van der Waals surface area contributed by atoms with Gasteiger partial charge in [0.1, 0.15) is 0 Å². The lowest BCUT2D eigenvalue weighted by atomic mass is 9.82. The Morgan fingerprint density at radius 3 is 0.636 bits per heavy atom. The molecule has 0 unspecified atom stereocenters. The van der Waals surface area contributed by atoms with Gasteiger partial charge < -0.3 is 9.13 Å². The molecule has 2 heterocycles. The number of hydrogen-bond donors (Lipinski definition) is 0. The van der Waals surface area contributed by atoms with Crippen LogP contribution in [0.4, 0.5) is 0 Å². The van der Waals surface area contributed by atoms with Crippen LogP contribution in [0.25, 0.3) is 186 Å². The first-order chi connectivity index (χ1) is 53.2. The van der Waals surface area contributed by atoms with Crippen molar-refractivity contribution in [2.45, 2.75) is 0 Å². The Morgan fingerprint density at radius 2 is 0.355 bits per heavy atom. The average Bonchev–Trinajstić information content (AvgIpc) is 1.33. The molecule has 2 aromatic heterocycles. The smallest absolute Gasteiger partial charge is 0.182 e. The number of benzene rings is 20. The van der Waals surface area contributed by atoms with Crippen LogP contribution in [0.5, 0.6) is 0 Å². The summed E-state index contributed by atoms with van der Waals surface area (Å²) >= 11 is 0. The second-order valence-corrected chi connectivity index (χ2v) is 32.3. The van der Waals surface area contributed by atoms with Crippen molar-refractivity contribution in [1.29, 1.82) is 0 Å². The zero-order valence-corrected chi connectivity index (χ0v) is 59.5. The predicted octanol–water partition coefficient (Wildman–Crippen LogP) is 25.2. The van der Waals surface area contributed by atoms with Gasteiger partial charge in [-0.15, -0.1) is 0 Å². The van der Waals surface area contributed by atoms with Gasteiger partial charge in [-0.2, -0.15) is 0 Å². The van der Waals surface area contributed by atoms with E-state index in [1.807, 2.05) is 0 Å². The largest absolute Gasteiger partial charge is 0.309 e. The molecule has 0 amide bonds. The lowest BCUT2D eigenvalue weighted by molar-refractivity contribution is 1.18. The molecular formula is C104H66N2Si. The lowest BCUT2D eigenvalue weighted by Gasteiger charge is -2.39. The molecule has 22 aromatic rings. The topological polar surface area (TPSA) is 9.86 Å². The molecule has 2 nitrogen and oxygen atoms in total. The fourth-order valence-corrected chi connectivity index (χ4v) is 24.8. The Balaban J connectivity index is 0.822. The Kier molecular flexibility index (Phi) is 13.8. The maximum absolute atomic E-state index is 3.65. The maximum Gasteiger partial charge on any atom is 0.182 e. The molecule has 22 rings (SSSR count). The van der Waals surface area contributed by atoms with Crippen LogP contribution in [-0.2, 0) is 0 Å². The number of fused-ring (bicyclic) bond motifs is 14. The predicted molar refractivity (Wildman–Crippen MR) is 461 cm³/mol. The summed E-state index contributed by atoms with van der Waals surface area (Å²) in [6.07, 6.45) is 0. The molecule has 0 bridgehead atoms. The van der Waals surface area contributed by atoms with Gasteiger partial charge in [-0.3, -0.25) is 0 Å². The van der Waals surface area contributed by atoms with Crippen LogP contribution >= 0.6 is 0 Å². The monoisotopic (exact) mass is 1370 g/mol. The molecule has 0 spiro atoms. The third-order valence-electron chi connectivity index (χ3n) is 23.3. The van der Waals surface area contributed by atoms with Crippen molar-refractivity contribution < 1.29 is 0 Å². The van der Waals surface area contributed by atoms with Gasteiger partial charge in [0.2, 0.25) is 0 Å². The standard InChI is InChI=1S/C104H66N2Si/c1-5-33-69(34-6-1)105-93-59-31-29-41-73(93)91-65-67(61-63-95(91)105)97-75-43-13-17-47-79(75)99(80-48-18-14-44-76(80)97)101-83-51-21-25-55-87(83)103(88-56-26-22-52-84(88)101)107(71-37-9-3-10-38-71,72-39-11-4-12-40-72)104-89-57-27-23-53-85(89)102(86-54-24-28-58-90(86)104)100-81-49-19-15-45-77(81)98(78-46-16-20-50-82(78)100)68-62-64-96-92(66-68)74-42-30-32-60-94(74)106(96)70-35-7-2-8-36-70/h1-66H. The molecule has 20 aromatic carbocycles. The van der Waals surface area contributed by atoms with Crippen LogP contribution in [0.3, 0.4) is 0 Å². The highest BCUT2D eigenvalue weighted by Crippen LogP contribution is 2.52. The highest BCUT2D eigenvalue weighted by atomic mass is 28.3. The first-order valence-corrected chi connectivity index (χ1v) is 39.2. The summed E-state index contributed by atoms with van der Waals surface area (Å²) in [5.41, 5.74) is 16.9. The minimum Gasteiger partial charge on any atom is -0.309 e. The molecule has 3 heteroatoms. The van der Waals surface area contributed by atoms with Crippen LogP contribution in [0.1, 0.15) is 0 Å². The highest BCUT2D eigenvalue weighted by molar-refractivity contribution is 7.23. The van der Waals surface area contributed by atoms with Crippen molar-refractivity contribution >= 4 is 159 Å². The minimum atomic E-state index is -3.65. The van der Waals surface area contributed by atoms with E-state index in [0.29, 0.717) is 0 Å². The normalized spacial score (nSPS) is 12.1. The van der Waals surface area contributed by atoms with Gasteiger partial charge in [0.25, 0.3) is 0 Å². The molecule has 0 fully saturated rings. The molecule has 0 N–H and O–H groups in total. The van der Waals surface area contributed by atoms with Crippen LogP contribution in [-0.4, -0.2) is 17.2 Å². The van der Waals surface area contributed by atoms with Gasteiger partial charge in [-0.05, 0) is 212 Å². The van der Waals surface area contributed by atoms with E-state index in [4.69, 9.17) is 0 Å². The van der Waals surface area contributed by atoms with Crippen LogP contribution in [0, 0.1) is 0 Å². The summed E-state index contributed by atoms with van der Waals surface area (Å²) in [6.45, 7) is 0. The third kappa shape index (κ3) is 8.93. The summed E-state index contributed by atoms with van der Waals surface area (Å²) < 4.78 is 4.83. The zero-order valence-electron chi connectivity index (χ0n) is 58.5. The fourth-order valence-electron chi connectivity index (χ4n) is 19.2. The second kappa shape index (κ2) is 24.2. The molecule has 0 aliphatic heterocycles. The molecule has 107 heavy (non-hydrogen) atoms. The summed E-state index contributed by atoms with van der Waals surface area (Å²) in [7, 11) is -3.65. The Bertz CT molecular complexity index is 6740. The molecule has 0 saturated carbocycles. The van der Waals surface area contributed by atoms with Crippen molar-refractivity contribution in [2.24, 2.45) is 0 Å². The summed E-state index contributed by atoms with van der Waals surface area (Å²) in [5.74, 6) is 0. The second-order valence-electron chi connectivity index (χ2n) is 28.7. The first-order valence-electron chi connectivity index (χ1n) is 37.2. The molecule has 0 aliphatic rings. The number of nitrogens with zero attached hydrogens (tertiary/aromatic N) is 2. The van der Waals surface area contributed by atoms with E-state index in [9.17, 15) is 0 Å². The molecule has 0 radical (unpaired) electrons. The Labute approximate surface area is 619 Å². The molecular weight excluding hydrogens is 1310 g/mol. The van der Waals surface area contributed by atoms with Gasteiger partial charge in [-0.25, -0.2) is 0 Å². The first kappa shape index (κ1) is 60.8. The number of rotatable bonds is 10. The minimum absolute atomic E-state index is 1.15. The van der Waals surface area contributed by atoms with Crippen molar-refractivity contribution in [2.75, 3.05) is 0 Å². The summed E-state index contributed by atoms with van der Waals surface area (Å²) in [6, 6.07) is 152. The highest BCUT2D eigenvalue weighted by Gasteiger charge is 2.47. The molecule has 496 valence electrons. The van der Waals surface area contributed by atoms with Crippen molar-refractivity contribution in [3.63, 3.8) is 0 Å². The van der Waals surface area contributed by atoms with Crippen LogP contribution in [0.15, 0.2) is 400 Å². The van der Waals surface area contributed by atoms with Crippen molar-refractivity contribution in [1.82, 2.24) is 9.13 Å². The van der Waals surface area contributed by atoms with Gasteiger partial charge in [0.05, 0.1) is 22.1 Å². The van der Waals surface area contributed by atoms with Gasteiger partial charge in [0, 0.05) is 32.9 Å². The van der Waals surface area contributed by atoms with Crippen molar-refractivity contribution in [3.05, 3.63) is 400 Å². The number of hydrogen-bond acceptors (Lipinski definition) is 0. The summed E-state index contributed by atoms with van der Waals surface area (Å²) in [4.78, 5) is 0. The number of aromatic nitrogens is 2. The SMILES string of the molecule is c1ccc(-n2c3ccccc3c3cc(-c4c5ccccc5c(-c5c6ccccc6c([Si](c6ccccc6)(c6ccccc6)c6c7ccccc7c(-c7c8ccccc8c(-c8ccc9c(c8)c8ccccc8n9-c8ccccc8)c8ccccc78)c7ccccc67)c6ccccc56)c5ccccc45)ccc32)cc1. The van der Waals surface area contributed by atoms with Crippen LogP contribution < -0.4 is 20.7 Å². The van der Waals surface area contributed by atoms with E-state index in [1.165, 1.54) is 195 Å². The Hall–Kier alpha value is -13.7. The van der Waals surface area contributed by atoms with E-state index >= 15 is 0 Å². The molecule has 0 saturated heterocycles. The average molecular weight is 1370 g/mol. The van der Waals surface area contributed by atoms with Gasteiger partial charge in [0.15, 0.2) is 8.07 Å². The van der Waals surface area contributed by atoms with Crippen LogP contribution in [0.2, 0.25) is 0 Å². The van der Waals surface area contributed by atoms with Gasteiger partial charge >= 0.3 is 0 Å². The van der Waals surface area contributed by atoms with Gasteiger partial charge in [-0.1, -0.05) is 340 Å². The maximum atomic E-state index is 2.46. The molecule has 0 aliphatic carbocycles.